The Labute approximate surface area is 165 Å². The van der Waals surface area contributed by atoms with Gasteiger partial charge in [-0.05, 0) is 25.0 Å². The van der Waals surface area contributed by atoms with E-state index in [2.05, 4.69) is 20.8 Å². The highest BCUT2D eigenvalue weighted by molar-refractivity contribution is 7.91. The topological polar surface area (TPSA) is 121 Å². The van der Waals surface area contributed by atoms with Gasteiger partial charge in [-0.25, -0.2) is 8.42 Å². The van der Waals surface area contributed by atoms with Crippen LogP contribution in [0.3, 0.4) is 0 Å². The maximum absolute atomic E-state index is 12.5. The second-order valence-electron chi connectivity index (χ2n) is 6.11. The molecule has 27 heavy (non-hydrogen) atoms. The molecule has 2 amide bonds. The number of H-pyrrole nitrogens is 1. The smallest absolute Gasteiger partial charge is 0.271 e. The van der Waals surface area contributed by atoms with E-state index < -0.39 is 21.7 Å². The molecular formula is C16H16Cl2N4O4S. The molecule has 1 aliphatic heterocycles. The number of hydrogen-bond acceptors (Lipinski definition) is 5. The van der Waals surface area contributed by atoms with Crippen molar-refractivity contribution < 1.29 is 18.0 Å². The van der Waals surface area contributed by atoms with Gasteiger partial charge in [0.1, 0.15) is 15.5 Å². The zero-order valence-electron chi connectivity index (χ0n) is 14.0. The molecule has 1 fully saturated rings. The van der Waals surface area contributed by atoms with E-state index in [4.69, 9.17) is 23.2 Å². The number of aromatic amines is 1. The minimum atomic E-state index is -3.02. The Hall–Kier alpha value is -2.10. The molecule has 11 heteroatoms. The first-order valence-electron chi connectivity index (χ1n) is 8.07. The van der Waals surface area contributed by atoms with E-state index in [1.807, 2.05) is 0 Å². The zero-order valence-corrected chi connectivity index (χ0v) is 16.3. The van der Waals surface area contributed by atoms with Crippen LogP contribution in [0.15, 0.2) is 24.4 Å². The van der Waals surface area contributed by atoms with Crippen LogP contribution >= 0.6 is 23.2 Å². The van der Waals surface area contributed by atoms with Crippen molar-refractivity contribution in [3.05, 3.63) is 45.7 Å². The fourth-order valence-corrected chi connectivity index (χ4v) is 4.81. The van der Waals surface area contributed by atoms with E-state index in [9.17, 15) is 18.0 Å². The first-order chi connectivity index (χ1) is 12.8. The maximum Gasteiger partial charge on any atom is 0.271 e. The predicted molar refractivity (Wildman–Crippen MR) is 102 cm³/mol. The number of anilines is 1. The minimum absolute atomic E-state index is 0.0372. The van der Waals surface area contributed by atoms with Crippen molar-refractivity contribution >= 4 is 50.5 Å². The fourth-order valence-electron chi connectivity index (χ4n) is 2.75. The molecular weight excluding hydrogens is 415 g/mol. The third-order valence-electron chi connectivity index (χ3n) is 4.19. The van der Waals surface area contributed by atoms with E-state index in [1.165, 1.54) is 18.3 Å². The van der Waals surface area contributed by atoms with Crippen LogP contribution in [-0.2, 0) is 9.84 Å². The third kappa shape index (κ3) is 4.60. The number of aromatic nitrogens is 2. The molecule has 0 atom stereocenters. The molecule has 1 aromatic heterocycles. The molecule has 144 valence electrons. The van der Waals surface area contributed by atoms with Crippen LogP contribution in [0.25, 0.3) is 0 Å². The number of carbonyl (C=O) groups is 2. The first-order valence-corrected chi connectivity index (χ1v) is 10.6. The van der Waals surface area contributed by atoms with Crippen LogP contribution in [0.1, 0.15) is 33.7 Å². The molecule has 0 spiro atoms. The van der Waals surface area contributed by atoms with E-state index in [0.29, 0.717) is 12.8 Å². The highest BCUT2D eigenvalue weighted by atomic mass is 35.5. The van der Waals surface area contributed by atoms with Crippen molar-refractivity contribution in [1.29, 1.82) is 0 Å². The molecule has 0 radical (unpaired) electrons. The van der Waals surface area contributed by atoms with Gasteiger partial charge in [0.05, 0.1) is 39.0 Å². The lowest BCUT2D eigenvalue weighted by molar-refractivity contribution is 0.0930. The number of nitrogens with one attached hydrogen (secondary N) is 3. The van der Waals surface area contributed by atoms with Gasteiger partial charge in [-0.2, -0.15) is 5.10 Å². The Morgan fingerprint density at radius 3 is 2.37 bits per heavy atom. The van der Waals surface area contributed by atoms with Crippen molar-refractivity contribution in [3.8, 4) is 0 Å². The number of halogens is 2. The van der Waals surface area contributed by atoms with Gasteiger partial charge < -0.3 is 10.6 Å². The fraction of sp³-hybridized carbons (Fsp3) is 0.312. The van der Waals surface area contributed by atoms with E-state index in [1.54, 1.807) is 6.07 Å². The van der Waals surface area contributed by atoms with Crippen LogP contribution in [0.4, 0.5) is 5.69 Å². The summed E-state index contributed by atoms with van der Waals surface area (Å²) in [6, 6.07) is 4.42. The summed E-state index contributed by atoms with van der Waals surface area (Å²) in [6.07, 6.45) is 1.99. The van der Waals surface area contributed by atoms with E-state index in [-0.39, 0.29) is 44.5 Å². The predicted octanol–water partition coefficient (Wildman–Crippen LogP) is 2.28. The average Bonchev–Trinajstić information content (AvgIpc) is 3.05. The van der Waals surface area contributed by atoms with Crippen LogP contribution < -0.4 is 10.6 Å². The molecule has 0 unspecified atom stereocenters. The van der Waals surface area contributed by atoms with Crippen molar-refractivity contribution in [2.75, 3.05) is 16.8 Å². The Bertz CT molecular complexity index is 956. The van der Waals surface area contributed by atoms with Crippen LogP contribution in [0.5, 0.6) is 0 Å². The molecule has 0 saturated carbocycles. The van der Waals surface area contributed by atoms with E-state index >= 15 is 0 Å². The van der Waals surface area contributed by atoms with Gasteiger partial charge >= 0.3 is 0 Å². The molecule has 2 aromatic rings. The summed E-state index contributed by atoms with van der Waals surface area (Å²) in [5, 5.41) is 12.0. The monoisotopic (exact) mass is 430 g/mol. The SMILES string of the molecule is O=C(NC1CCS(=O)(=O)CC1)c1[nH]ncc1NC(=O)c1c(Cl)cccc1Cl. The van der Waals surface area contributed by atoms with Gasteiger partial charge in [0.2, 0.25) is 0 Å². The molecule has 1 saturated heterocycles. The quantitative estimate of drug-likeness (QED) is 0.686. The molecule has 0 aliphatic carbocycles. The summed E-state index contributed by atoms with van der Waals surface area (Å²) in [4.78, 5) is 24.9. The number of benzene rings is 1. The highest BCUT2D eigenvalue weighted by Gasteiger charge is 2.26. The van der Waals surface area contributed by atoms with Crippen LogP contribution in [0, 0.1) is 0 Å². The lowest BCUT2D eigenvalue weighted by Crippen LogP contribution is -2.41. The van der Waals surface area contributed by atoms with Crippen molar-refractivity contribution in [3.63, 3.8) is 0 Å². The van der Waals surface area contributed by atoms with E-state index in [0.717, 1.165) is 0 Å². The van der Waals surface area contributed by atoms with Crippen molar-refractivity contribution in [1.82, 2.24) is 15.5 Å². The number of amides is 2. The normalized spacial score (nSPS) is 16.7. The molecule has 1 aliphatic rings. The van der Waals surface area contributed by atoms with Crippen molar-refractivity contribution in [2.45, 2.75) is 18.9 Å². The van der Waals surface area contributed by atoms with Crippen LogP contribution in [0.2, 0.25) is 10.0 Å². The minimum Gasteiger partial charge on any atom is -0.348 e. The summed E-state index contributed by atoms with van der Waals surface area (Å²) < 4.78 is 23.0. The second-order valence-corrected chi connectivity index (χ2v) is 9.23. The lowest BCUT2D eigenvalue weighted by atomic mass is 10.1. The number of rotatable bonds is 4. The van der Waals surface area contributed by atoms with Gasteiger partial charge in [-0.3, -0.25) is 14.7 Å². The third-order valence-corrected chi connectivity index (χ3v) is 6.54. The number of nitrogens with zero attached hydrogens (tertiary/aromatic N) is 1. The Morgan fingerprint density at radius 1 is 1.11 bits per heavy atom. The molecule has 0 bridgehead atoms. The maximum atomic E-state index is 12.5. The summed E-state index contributed by atoms with van der Waals surface area (Å²) in [5.74, 6) is -0.993. The number of carbonyl (C=O) groups excluding carboxylic acids is 2. The summed E-state index contributed by atoms with van der Waals surface area (Å²) in [5.41, 5.74) is 0.308. The summed E-state index contributed by atoms with van der Waals surface area (Å²) in [7, 11) is -3.02. The molecule has 8 nitrogen and oxygen atoms in total. The van der Waals surface area contributed by atoms with Crippen LogP contribution in [-0.4, -0.2) is 48.0 Å². The van der Waals surface area contributed by atoms with Gasteiger partial charge in [0, 0.05) is 6.04 Å². The van der Waals surface area contributed by atoms with Gasteiger partial charge in [-0.1, -0.05) is 29.3 Å². The summed E-state index contributed by atoms with van der Waals surface area (Å²) >= 11 is 12.0. The summed E-state index contributed by atoms with van der Waals surface area (Å²) in [6.45, 7) is 0. The lowest BCUT2D eigenvalue weighted by Gasteiger charge is -2.22. The van der Waals surface area contributed by atoms with Crippen molar-refractivity contribution in [2.24, 2.45) is 0 Å². The Balaban J connectivity index is 1.70. The Kier molecular flexibility index (Phi) is 5.73. The zero-order chi connectivity index (χ0) is 19.6. The molecule has 3 N–H and O–H groups in total. The van der Waals surface area contributed by atoms with Gasteiger partial charge in [-0.15, -0.1) is 0 Å². The standard InChI is InChI=1S/C16H16Cl2N4O4S/c17-10-2-1-3-11(18)13(10)15(23)21-12-8-19-22-14(12)16(24)20-9-4-6-27(25,26)7-5-9/h1-3,8-9H,4-7H2,(H,19,22)(H,20,24)(H,21,23). The average molecular weight is 431 g/mol. The van der Waals surface area contributed by atoms with Gasteiger partial charge in [0.25, 0.3) is 11.8 Å². The second kappa shape index (κ2) is 7.87. The highest BCUT2D eigenvalue weighted by Crippen LogP contribution is 2.25. The largest absolute Gasteiger partial charge is 0.348 e. The van der Waals surface area contributed by atoms with Gasteiger partial charge in [0.15, 0.2) is 0 Å². The molecule has 1 aromatic carbocycles. The molecule has 3 rings (SSSR count). The molecule has 2 heterocycles. The number of sulfone groups is 1. The number of hydrogen-bond donors (Lipinski definition) is 3. The first kappa shape index (κ1) is 19.7. The Morgan fingerprint density at radius 2 is 1.74 bits per heavy atom.